The van der Waals surface area contributed by atoms with Gasteiger partial charge in [-0.05, 0) is 32.5 Å². The summed E-state index contributed by atoms with van der Waals surface area (Å²) >= 11 is 0. The van der Waals surface area contributed by atoms with Crippen molar-refractivity contribution in [1.82, 2.24) is 14.5 Å². The maximum Gasteiger partial charge on any atom is 0.146 e. The van der Waals surface area contributed by atoms with E-state index in [2.05, 4.69) is 23.1 Å². The molecule has 1 saturated heterocycles. The molecule has 3 rings (SSSR count). The van der Waals surface area contributed by atoms with Gasteiger partial charge in [0.1, 0.15) is 22.9 Å². The monoisotopic (exact) mass is 338 g/mol. The Bertz CT molecular complexity index is 860. The van der Waals surface area contributed by atoms with Gasteiger partial charge in [0.2, 0.25) is 0 Å². The zero-order valence-electron chi connectivity index (χ0n) is 14.5. The van der Waals surface area contributed by atoms with Crippen LogP contribution >= 0.6 is 0 Å². The van der Waals surface area contributed by atoms with Crippen molar-refractivity contribution in [2.75, 3.05) is 27.2 Å². The molecule has 2 aromatic rings. The smallest absolute Gasteiger partial charge is 0.146 e. The molecule has 1 unspecified atom stereocenters. The first-order valence-electron chi connectivity index (χ1n) is 8.25. The number of piperidine rings is 1. The Kier molecular flexibility index (Phi) is 5.00. The largest absolute Gasteiger partial charge is 0.494 e. The molecule has 25 heavy (non-hydrogen) atoms. The molecule has 1 fully saturated rings. The summed E-state index contributed by atoms with van der Waals surface area (Å²) < 4.78 is 7.08. The van der Waals surface area contributed by atoms with Gasteiger partial charge in [-0.15, -0.1) is 0 Å². The highest BCUT2D eigenvalue weighted by Gasteiger charge is 2.16. The Labute approximate surface area is 147 Å². The molecule has 1 aliphatic heterocycles. The molecule has 0 aromatic carbocycles. The number of fused-ring (bicyclic) bond motifs is 1. The summed E-state index contributed by atoms with van der Waals surface area (Å²) in [6.07, 6.45) is 8.95. The van der Waals surface area contributed by atoms with Gasteiger partial charge in [-0.2, -0.15) is 10.4 Å². The number of aliphatic imine (C=N–C) groups is 1. The van der Waals surface area contributed by atoms with E-state index in [0.717, 1.165) is 37.1 Å². The molecule has 0 bridgehead atoms. The van der Waals surface area contributed by atoms with Crippen molar-refractivity contribution in [3.8, 4) is 11.8 Å². The predicted octanol–water partition coefficient (Wildman–Crippen LogP) is 1.68. The van der Waals surface area contributed by atoms with E-state index in [1.54, 1.807) is 11.6 Å². The first-order valence-corrected chi connectivity index (χ1v) is 8.25. The number of rotatable bonds is 4. The number of pyridine rings is 1. The molecule has 0 amide bonds. The number of aromatic nitrogens is 2. The van der Waals surface area contributed by atoms with Crippen molar-refractivity contribution in [1.29, 1.82) is 5.26 Å². The maximum absolute atomic E-state index is 9.20. The van der Waals surface area contributed by atoms with E-state index in [4.69, 9.17) is 15.5 Å². The lowest BCUT2D eigenvalue weighted by atomic mass is 10.1. The number of likely N-dealkylation sites (tertiary alicyclic amines) is 1. The van der Waals surface area contributed by atoms with Crippen molar-refractivity contribution in [2.45, 2.75) is 18.9 Å². The summed E-state index contributed by atoms with van der Waals surface area (Å²) in [4.78, 5) is 6.99. The Hall–Kier alpha value is -2.85. The van der Waals surface area contributed by atoms with Crippen LogP contribution in [0.4, 0.5) is 0 Å². The topological polar surface area (TPSA) is 91.9 Å². The highest BCUT2D eigenvalue weighted by atomic mass is 16.5. The Morgan fingerprint density at radius 1 is 1.56 bits per heavy atom. The van der Waals surface area contributed by atoms with E-state index in [0.29, 0.717) is 16.8 Å². The zero-order valence-corrected chi connectivity index (χ0v) is 14.5. The average Bonchev–Trinajstić information content (AvgIpc) is 3.05. The third-order valence-electron chi connectivity index (χ3n) is 4.45. The number of likely N-dealkylation sites (N-methyl/N-ethyl adjacent to an activating group) is 1. The van der Waals surface area contributed by atoms with Crippen LogP contribution in [0.5, 0.6) is 5.75 Å². The molecule has 1 aliphatic rings. The van der Waals surface area contributed by atoms with Gasteiger partial charge in [-0.25, -0.2) is 4.52 Å². The van der Waals surface area contributed by atoms with E-state index < -0.39 is 0 Å². The second-order valence-corrected chi connectivity index (χ2v) is 6.22. The van der Waals surface area contributed by atoms with E-state index in [9.17, 15) is 5.26 Å². The molecule has 0 spiro atoms. The van der Waals surface area contributed by atoms with Crippen LogP contribution in [0.1, 0.15) is 24.0 Å². The van der Waals surface area contributed by atoms with Gasteiger partial charge in [-0.1, -0.05) is 0 Å². The third-order valence-corrected chi connectivity index (χ3v) is 4.45. The number of nitrogens with zero attached hydrogens (tertiary/aromatic N) is 5. The lowest BCUT2D eigenvalue weighted by Gasteiger charge is -2.27. The number of hydrogen-bond acceptors (Lipinski definition) is 6. The Balaban J connectivity index is 1.92. The van der Waals surface area contributed by atoms with Crippen LogP contribution in [0, 0.1) is 11.3 Å². The molecule has 0 aliphatic carbocycles. The summed E-state index contributed by atoms with van der Waals surface area (Å²) in [6, 6.07) is 4.27. The second kappa shape index (κ2) is 7.36. The van der Waals surface area contributed by atoms with E-state index in [-0.39, 0.29) is 6.04 Å². The van der Waals surface area contributed by atoms with E-state index in [1.165, 1.54) is 12.4 Å². The van der Waals surface area contributed by atoms with Gasteiger partial charge in [-0.3, -0.25) is 4.99 Å². The van der Waals surface area contributed by atoms with Gasteiger partial charge in [0.25, 0.3) is 0 Å². The van der Waals surface area contributed by atoms with Crippen LogP contribution < -0.4 is 10.5 Å². The van der Waals surface area contributed by atoms with Crippen LogP contribution in [0.3, 0.4) is 0 Å². The van der Waals surface area contributed by atoms with Crippen LogP contribution in [0.25, 0.3) is 11.1 Å². The predicted molar refractivity (Wildman–Crippen MR) is 97.6 cm³/mol. The summed E-state index contributed by atoms with van der Waals surface area (Å²) in [5.41, 5.74) is 8.58. The summed E-state index contributed by atoms with van der Waals surface area (Å²) in [5, 5.41) is 13.4. The fourth-order valence-electron chi connectivity index (χ4n) is 3.14. The fourth-order valence-corrected chi connectivity index (χ4v) is 3.14. The zero-order chi connectivity index (χ0) is 17.8. The molecule has 7 heteroatoms. The molecular weight excluding hydrogens is 316 g/mol. The Morgan fingerprint density at radius 2 is 2.40 bits per heavy atom. The number of nitrogens with two attached hydrogens (primary N) is 1. The van der Waals surface area contributed by atoms with Gasteiger partial charge >= 0.3 is 0 Å². The van der Waals surface area contributed by atoms with Gasteiger partial charge in [0.05, 0.1) is 19.3 Å². The fraction of sp³-hybridized carbons (Fsp3) is 0.389. The van der Waals surface area contributed by atoms with Crippen LogP contribution in [-0.4, -0.2) is 54.0 Å². The first kappa shape index (κ1) is 17.0. The molecule has 2 aromatic heterocycles. The van der Waals surface area contributed by atoms with Gasteiger partial charge in [0, 0.05) is 36.3 Å². The molecule has 3 heterocycles. The van der Waals surface area contributed by atoms with Crippen molar-refractivity contribution in [3.05, 3.63) is 35.8 Å². The SMILES string of the molecule is COc1cc(C(C=NC2CCCN(C)C2)=CN)cn2ncc(C#N)c12. The summed E-state index contributed by atoms with van der Waals surface area (Å²) in [7, 11) is 3.69. The van der Waals surface area contributed by atoms with E-state index >= 15 is 0 Å². The maximum atomic E-state index is 9.20. The van der Waals surface area contributed by atoms with Gasteiger partial charge in [0.15, 0.2) is 0 Å². The van der Waals surface area contributed by atoms with Crippen LogP contribution in [-0.2, 0) is 0 Å². The number of nitriles is 1. The van der Waals surface area contributed by atoms with Crippen molar-refractivity contribution in [2.24, 2.45) is 10.7 Å². The van der Waals surface area contributed by atoms with Crippen molar-refractivity contribution in [3.63, 3.8) is 0 Å². The summed E-state index contributed by atoms with van der Waals surface area (Å²) in [6.45, 7) is 2.08. The Morgan fingerprint density at radius 3 is 3.08 bits per heavy atom. The van der Waals surface area contributed by atoms with Crippen molar-refractivity contribution >= 4 is 17.3 Å². The number of methoxy groups -OCH3 is 1. The number of ether oxygens (including phenoxy) is 1. The quantitative estimate of drug-likeness (QED) is 0.856. The molecule has 7 nitrogen and oxygen atoms in total. The number of hydrogen-bond donors (Lipinski definition) is 1. The first-order chi connectivity index (χ1) is 12.2. The second-order valence-electron chi connectivity index (χ2n) is 6.22. The normalized spacial score (nSPS) is 19.4. The van der Waals surface area contributed by atoms with Crippen molar-refractivity contribution < 1.29 is 4.74 Å². The van der Waals surface area contributed by atoms with Crippen LogP contribution in [0.2, 0.25) is 0 Å². The lowest BCUT2D eigenvalue weighted by molar-refractivity contribution is 0.253. The summed E-state index contributed by atoms with van der Waals surface area (Å²) in [5.74, 6) is 0.580. The lowest BCUT2D eigenvalue weighted by Crippen LogP contribution is -2.34. The van der Waals surface area contributed by atoms with Crippen LogP contribution in [0.15, 0.2) is 29.7 Å². The highest BCUT2D eigenvalue weighted by Crippen LogP contribution is 2.27. The molecule has 0 radical (unpaired) electrons. The van der Waals surface area contributed by atoms with E-state index in [1.807, 2.05) is 18.5 Å². The molecule has 0 saturated carbocycles. The number of allylic oxidation sites excluding steroid dienone is 1. The molecular formula is C18H22N6O. The molecule has 2 N–H and O–H groups in total. The highest BCUT2D eigenvalue weighted by molar-refractivity contribution is 6.09. The minimum absolute atomic E-state index is 0.286. The minimum atomic E-state index is 0.286. The minimum Gasteiger partial charge on any atom is -0.494 e. The standard InChI is InChI=1S/C18H22N6O/c1-23-5-3-4-16(12-23)21-9-14(7-19)13-6-17(25-2)18-15(8-20)10-22-24(18)11-13/h6-7,9-11,16H,3-5,12,19H2,1-2H3. The van der Waals surface area contributed by atoms with Gasteiger partial charge < -0.3 is 15.4 Å². The third kappa shape index (κ3) is 3.49. The average molecular weight is 338 g/mol. The molecule has 130 valence electrons. The molecule has 1 atom stereocenters.